The van der Waals surface area contributed by atoms with Crippen LogP contribution in [0.4, 0.5) is 0 Å². The fourth-order valence-corrected chi connectivity index (χ4v) is 2.96. The van der Waals surface area contributed by atoms with Crippen molar-refractivity contribution in [2.75, 3.05) is 6.54 Å². The van der Waals surface area contributed by atoms with E-state index in [4.69, 9.17) is 5.73 Å². The lowest BCUT2D eigenvalue weighted by molar-refractivity contribution is 0.565. The predicted octanol–water partition coefficient (Wildman–Crippen LogP) is 3.22. The molecule has 1 nitrogen and oxygen atoms in total. The predicted molar refractivity (Wildman–Crippen MR) is 68.7 cm³/mol. The van der Waals surface area contributed by atoms with Gasteiger partial charge in [-0.3, -0.25) is 0 Å². The zero-order chi connectivity index (χ0) is 11.0. The van der Waals surface area contributed by atoms with E-state index in [1.165, 1.54) is 41.2 Å². The van der Waals surface area contributed by atoms with Crippen LogP contribution < -0.4 is 5.73 Å². The highest BCUT2D eigenvalue weighted by Gasteiger charge is 2.20. The van der Waals surface area contributed by atoms with Gasteiger partial charge in [0.2, 0.25) is 0 Å². The molecule has 0 heterocycles. The van der Waals surface area contributed by atoms with E-state index in [9.17, 15) is 0 Å². The molecule has 0 radical (unpaired) electrons. The van der Waals surface area contributed by atoms with Gasteiger partial charge in [-0.15, -0.1) is 0 Å². The Hall–Kier alpha value is -1.34. The van der Waals surface area contributed by atoms with Gasteiger partial charge in [-0.1, -0.05) is 36.4 Å². The van der Waals surface area contributed by atoms with Gasteiger partial charge in [0, 0.05) is 0 Å². The minimum atomic E-state index is 0.565. The largest absolute Gasteiger partial charge is 0.330 e. The summed E-state index contributed by atoms with van der Waals surface area (Å²) in [6.07, 6.45) is 3.75. The summed E-state index contributed by atoms with van der Waals surface area (Å²) in [5.74, 6) is 0.565. The molecule has 1 atom stereocenters. The minimum Gasteiger partial charge on any atom is -0.330 e. The second-order valence-electron chi connectivity index (χ2n) is 4.68. The van der Waals surface area contributed by atoms with E-state index in [0.29, 0.717) is 5.92 Å². The van der Waals surface area contributed by atoms with Crippen molar-refractivity contribution in [3.8, 4) is 0 Å². The highest BCUT2D eigenvalue weighted by molar-refractivity contribution is 5.87. The summed E-state index contributed by atoms with van der Waals surface area (Å²) in [7, 11) is 0. The number of fused-ring (bicyclic) bond motifs is 3. The topological polar surface area (TPSA) is 26.0 Å². The van der Waals surface area contributed by atoms with Crippen molar-refractivity contribution in [3.63, 3.8) is 0 Å². The Bertz CT molecular complexity index is 516. The van der Waals surface area contributed by atoms with Crippen molar-refractivity contribution in [2.24, 2.45) is 5.73 Å². The lowest BCUT2D eigenvalue weighted by Crippen LogP contribution is -2.18. The van der Waals surface area contributed by atoms with E-state index < -0.39 is 0 Å². The molecule has 0 bridgehead atoms. The maximum absolute atomic E-state index is 5.91. The quantitative estimate of drug-likeness (QED) is 0.770. The van der Waals surface area contributed by atoms with Crippen LogP contribution in [0.1, 0.15) is 29.9 Å². The van der Waals surface area contributed by atoms with Gasteiger partial charge in [0.25, 0.3) is 0 Å². The maximum Gasteiger partial charge on any atom is -0.000791 e. The number of rotatable bonds is 1. The number of hydrogen-bond acceptors (Lipinski definition) is 1. The molecule has 3 rings (SSSR count). The Morgan fingerprint density at radius 2 is 2.00 bits per heavy atom. The Balaban J connectivity index is 2.30. The molecular formula is C15H17N. The van der Waals surface area contributed by atoms with E-state index in [1.807, 2.05) is 0 Å². The summed E-state index contributed by atoms with van der Waals surface area (Å²) in [6, 6.07) is 13.2. The minimum absolute atomic E-state index is 0.565. The monoisotopic (exact) mass is 211 g/mol. The van der Waals surface area contributed by atoms with Crippen LogP contribution in [-0.2, 0) is 6.42 Å². The number of benzene rings is 2. The van der Waals surface area contributed by atoms with Gasteiger partial charge in [-0.2, -0.15) is 0 Å². The lowest BCUT2D eigenvalue weighted by Gasteiger charge is -2.26. The Labute approximate surface area is 96.3 Å². The second-order valence-corrected chi connectivity index (χ2v) is 4.68. The van der Waals surface area contributed by atoms with Gasteiger partial charge >= 0.3 is 0 Å². The molecule has 2 aromatic rings. The summed E-state index contributed by atoms with van der Waals surface area (Å²) in [6.45, 7) is 0.779. The average Bonchev–Trinajstić information content (AvgIpc) is 2.37. The first kappa shape index (κ1) is 9.86. The summed E-state index contributed by atoms with van der Waals surface area (Å²) in [5.41, 5.74) is 8.94. The molecule has 1 aliphatic carbocycles. The van der Waals surface area contributed by atoms with Crippen molar-refractivity contribution in [2.45, 2.75) is 25.2 Å². The van der Waals surface area contributed by atoms with Crippen LogP contribution in [0.25, 0.3) is 10.8 Å². The van der Waals surface area contributed by atoms with E-state index in [2.05, 4.69) is 36.4 Å². The van der Waals surface area contributed by atoms with Crippen molar-refractivity contribution in [1.29, 1.82) is 0 Å². The standard InChI is InChI=1S/C15H17N/c16-10-13-6-3-5-12-9-8-11-4-1-2-7-14(11)15(12)13/h1-2,4,7-9,13H,3,5-6,10,16H2. The molecule has 1 unspecified atom stereocenters. The van der Waals surface area contributed by atoms with Crippen molar-refractivity contribution >= 4 is 10.8 Å². The number of hydrogen-bond donors (Lipinski definition) is 1. The van der Waals surface area contributed by atoms with Gasteiger partial charge in [-0.25, -0.2) is 0 Å². The molecular weight excluding hydrogens is 194 g/mol. The summed E-state index contributed by atoms with van der Waals surface area (Å²) in [4.78, 5) is 0. The molecule has 82 valence electrons. The summed E-state index contributed by atoms with van der Waals surface area (Å²) in [5, 5.41) is 2.76. The SMILES string of the molecule is NCC1CCCc2ccc3ccccc3c21. The summed E-state index contributed by atoms with van der Waals surface area (Å²) >= 11 is 0. The molecule has 0 spiro atoms. The molecule has 1 heteroatoms. The number of nitrogens with two attached hydrogens (primary N) is 1. The van der Waals surface area contributed by atoms with Crippen LogP contribution in [0.5, 0.6) is 0 Å². The van der Waals surface area contributed by atoms with Gasteiger partial charge in [-0.05, 0) is 53.6 Å². The first-order chi connectivity index (χ1) is 7.90. The van der Waals surface area contributed by atoms with Crippen LogP contribution in [0, 0.1) is 0 Å². The van der Waals surface area contributed by atoms with E-state index in [-0.39, 0.29) is 0 Å². The van der Waals surface area contributed by atoms with Gasteiger partial charge in [0.15, 0.2) is 0 Å². The highest BCUT2D eigenvalue weighted by atomic mass is 14.6. The first-order valence-electron chi connectivity index (χ1n) is 6.11. The van der Waals surface area contributed by atoms with Crippen LogP contribution in [0.3, 0.4) is 0 Å². The first-order valence-corrected chi connectivity index (χ1v) is 6.11. The van der Waals surface area contributed by atoms with Crippen LogP contribution in [0.2, 0.25) is 0 Å². The normalized spacial score (nSPS) is 19.7. The van der Waals surface area contributed by atoms with Gasteiger partial charge < -0.3 is 5.73 Å². The average molecular weight is 211 g/mol. The van der Waals surface area contributed by atoms with Crippen molar-refractivity contribution < 1.29 is 0 Å². The molecule has 2 N–H and O–H groups in total. The van der Waals surface area contributed by atoms with Gasteiger partial charge in [0.05, 0.1) is 0 Å². The van der Waals surface area contributed by atoms with E-state index in [1.54, 1.807) is 0 Å². The Morgan fingerprint density at radius 3 is 2.88 bits per heavy atom. The van der Waals surface area contributed by atoms with Crippen LogP contribution in [-0.4, -0.2) is 6.54 Å². The Morgan fingerprint density at radius 1 is 1.12 bits per heavy atom. The van der Waals surface area contributed by atoms with Crippen LogP contribution in [0.15, 0.2) is 36.4 Å². The third-order valence-corrected chi connectivity index (χ3v) is 3.75. The van der Waals surface area contributed by atoms with Crippen LogP contribution >= 0.6 is 0 Å². The molecule has 2 aromatic carbocycles. The Kier molecular flexibility index (Phi) is 2.41. The molecule has 0 amide bonds. The second kappa shape index (κ2) is 3.91. The molecule has 0 aromatic heterocycles. The van der Waals surface area contributed by atoms with E-state index in [0.717, 1.165) is 6.54 Å². The molecule has 0 saturated carbocycles. The fraction of sp³-hybridized carbons (Fsp3) is 0.333. The zero-order valence-electron chi connectivity index (χ0n) is 9.45. The molecule has 0 fully saturated rings. The molecule has 1 aliphatic rings. The van der Waals surface area contributed by atoms with Crippen molar-refractivity contribution in [3.05, 3.63) is 47.5 Å². The maximum atomic E-state index is 5.91. The smallest absolute Gasteiger partial charge is 0.000791 e. The van der Waals surface area contributed by atoms with E-state index >= 15 is 0 Å². The number of aryl methyl sites for hydroxylation is 1. The lowest BCUT2D eigenvalue weighted by atomic mass is 9.80. The fourth-order valence-electron chi connectivity index (χ4n) is 2.96. The highest BCUT2D eigenvalue weighted by Crippen LogP contribution is 2.36. The van der Waals surface area contributed by atoms with Gasteiger partial charge in [0.1, 0.15) is 0 Å². The summed E-state index contributed by atoms with van der Waals surface area (Å²) < 4.78 is 0. The third-order valence-electron chi connectivity index (χ3n) is 3.75. The van der Waals surface area contributed by atoms with Crippen molar-refractivity contribution in [1.82, 2.24) is 0 Å². The molecule has 0 saturated heterocycles. The molecule has 16 heavy (non-hydrogen) atoms. The zero-order valence-corrected chi connectivity index (χ0v) is 9.45. The molecule has 0 aliphatic heterocycles. The third kappa shape index (κ3) is 1.43.